The van der Waals surface area contributed by atoms with Crippen LogP contribution in [0, 0.1) is 5.92 Å². The Kier molecular flexibility index (Phi) is 1.96. The highest BCUT2D eigenvalue weighted by Gasteiger charge is 2.32. The molecule has 3 nitrogen and oxygen atoms in total. The van der Waals surface area contributed by atoms with E-state index >= 15 is 0 Å². The molecule has 0 aliphatic carbocycles. The lowest BCUT2D eigenvalue weighted by molar-refractivity contribution is 0.145. The Balaban J connectivity index is 2.10. The minimum atomic E-state index is 0.173. The third-order valence-electron chi connectivity index (χ3n) is 3.66. The minimum Gasteiger partial charge on any atom is -0.312 e. The van der Waals surface area contributed by atoms with Gasteiger partial charge in [0, 0.05) is 37.3 Å². The van der Waals surface area contributed by atoms with Gasteiger partial charge in [0.05, 0.1) is 0 Å². The van der Waals surface area contributed by atoms with Crippen molar-refractivity contribution in [3.05, 3.63) is 34.2 Å². The number of aromatic nitrogens is 1. The smallest absolute Gasteiger partial charge is 0.250 e. The zero-order valence-electron chi connectivity index (χ0n) is 9.02. The summed E-state index contributed by atoms with van der Waals surface area (Å²) in [5.41, 5.74) is 1.41. The van der Waals surface area contributed by atoms with Gasteiger partial charge in [0.1, 0.15) is 0 Å². The molecule has 1 aromatic heterocycles. The monoisotopic (exact) mass is 203 g/mol. The number of hydrogen-bond acceptors (Lipinski definition) is 2. The molecule has 2 atom stereocenters. The predicted molar refractivity (Wildman–Crippen MR) is 59.0 cm³/mol. The van der Waals surface area contributed by atoms with Gasteiger partial charge >= 0.3 is 0 Å². The summed E-state index contributed by atoms with van der Waals surface area (Å²) in [6.07, 6.45) is 1.26. The van der Waals surface area contributed by atoms with Crippen LogP contribution in [0.1, 0.15) is 18.0 Å². The molecule has 0 radical (unpaired) electrons. The number of nitrogens with zero attached hydrogens (tertiary/aromatic N) is 2. The zero-order chi connectivity index (χ0) is 10.4. The highest BCUT2D eigenvalue weighted by atomic mass is 16.1. The average Bonchev–Trinajstić information content (AvgIpc) is 2.19. The van der Waals surface area contributed by atoms with Crippen molar-refractivity contribution < 1.29 is 0 Å². The SMILES string of the molecule is [11CH3]N1C[C@H]2C[C@@H](C1)c1cccc(=O)n1C2. The number of pyridine rings is 1. The molecule has 0 saturated carbocycles. The van der Waals surface area contributed by atoms with Crippen LogP contribution in [-0.4, -0.2) is 29.6 Å². The summed E-state index contributed by atoms with van der Waals surface area (Å²) in [6.45, 7) is 3.15. The first-order chi connectivity index (χ1) is 7.24. The molecule has 2 bridgehead atoms. The van der Waals surface area contributed by atoms with Crippen LogP contribution in [0.5, 0.6) is 0 Å². The number of hydrogen-bond donors (Lipinski definition) is 0. The Bertz CT molecular complexity index is 437. The van der Waals surface area contributed by atoms with Crippen molar-refractivity contribution >= 4 is 0 Å². The molecule has 0 aromatic carbocycles. The standard InChI is InChI=1S/C12H16N2O/c1-13-6-9-5-10(8-13)11-3-2-4-12(15)14(11)7-9/h2-4,9-10H,5-8H2,1H3/t9-,10+/m1/s1/i1-1. The lowest BCUT2D eigenvalue weighted by Gasteiger charge is -2.41. The molecule has 1 fully saturated rings. The van der Waals surface area contributed by atoms with Crippen LogP contribution in [-0.2, 0) is 6.54 Å². The lowest BCUT2D eigenvalue weighted by atomic mass is 9.82. The number of likely N-dealkylation sites (tertiary alicyclic amines) is 1. The van der Waals surface area contributed by atoms with Crippen LogP contribution >= 0.6 is 0 Å². The van der Waals surface area contributed by atoms with E-state index in [0.717, 1.165) is 19.6 Å². The Morgan fingerprint density at radius 1 is 1.27 bits per heavy atom. The van der Waals surface area contributed by atoms with Crippen LogP contribution in [0.4, 0.5) is 0 Å². The summed E-state index contributed by atoms with van der Waals surface area (Å²) in [4.78, 5) is 14.1. The number of fused-ring (bicyclic) bond motifs is 4. The van der Waals surface area contributed by atoms with Gasteiger partial charge in [-0.2, -0.15) is 0 Å². The molecular formula is C12H16N2O. The summed E-state index contributed by atoms with van der Waals surface area (Å²) in [6, 6.07) is 5.68. The largest absolute Gasteiger partial charge is 0.312 e. The van der Waals surface area contributed by atoms with Crippen molar-refractivity contribution in [3.8, 4) is 0 Å². The quantitative estimate of drug-likeness (QED) is 0.626. The summed E-state index contributed by atoms with van der Waals surface area (Å²) in [7, 11) is 2.18. The molecule has 3 rings (SSSR count). The second kappa shape index (κ2) is 3.20. The first kappa shape index (κ1) is 9.16. The van der Waals surface area contributed by atoms with Crippen LogP contribution in [0.2, 0.25) is 0 Å². The normalized spacial score (nSPS) is 29.9. The third-order valence-corrected chi connectivity index (χ3v) is 3.66. The second-order valence-electron chi connectivity index (χ2n) is 4.92. The van der Waals surface area contributed by atoms with E-state index in [1.54, 1.807) is 6.07 Å². The molecule has 2 aliphatic rings. The van der Waals surface area contributed by atoms with Crippen molar-refractivity contribution in [1.82, 2.24) is 9.47 Å². The van der Waals surface area contributed by atoms with Gasteiger partial charge in [-0.1, -0.05) is 6.07 Å². The van der Waals surface area contributed by atoms with Gasteiger partial charge in [-0.15, -0.1) is 0 Å². The summed E-state index contributed by atoms with van der Waals surface area (Å²) < 4.78 is 1.98. The molecule has 0 amide bonds. The molecule has 1 aromatic rings. The van der Waals surface area contributed by atoms with Crippen LogP contribution in [0.15, 0.2) is 23.0 Å². The first-order valence-electron chi connectivity index (χ1n) is 5.62. The molecule has 0 spiro atoms. The Morgan fingerprint density at radius 2 is 2.13 bits per heavy atom. The van der Waals surface area contributed by atoms with Crippen molar-refractivity contribution in [2.24, 2.45) is 5.92 Å². The van der Waals surface area contributed by atoms with E-state index in [0.29, 0.717) is 11.8 Å². The molecule has 3 heterocycles. The molecule has 0 N–H and O–H groups in total. The summed E-state index contributed by atoms with van der Waals surface area (Å²) in [5.74, 6) is 1.23. The van der Waals surface area contributed by atoms with E-state index in [9.17, 15) is 4.79 Å². The fourth-order valence-electron chi connectivity index (χ4n) is 3.14. The molecule has 0 unspecified atom stereocenters. The maximum absolute atomic E-state index is 11.7. The number of likely N-dealkylation sites (N-methyl/N-ethyl adjacent to an activating group) is 1. The Morgan fingerprint density at radius 3 is 3.00 bits per heavy atom. The van der Waals surface area contributed by atoms with E-state index in [4.69, 9.17) is 0 Å². The van der Waals surface area contributed by atoms with E-state index in [2.05, 4.69) is 18.0 Å². The Labute approximate surface area is 89.3 Å². The summed E-state index contributed by atoms with van der Waals surface area (Å²) >= 11 is 0. The highest BCUT2D eigenvalue weighted by Crippen LogP contribution is 2.33. The summed E-state index contributed by atoms with van der Waals surface area (Å²) in [5, 5.41) is 0. The van der Waals surface area contributed by atoms with Crippen molar-refractivity contribution in [1.29, 1.82) is 0 Å². The van der Waals surface area contributed by atoms with Gasteiger partial charge in [0.2, 0.25) is 0 Å². The topological polar surface area (TPSA) is 25.2 Å². The van der Waals surface area contributed by atoms with Gasteiger partial charge in [0.25, 0.3) is 5.56 Å². The maximum Gasteiger partial charge on any atom is 0.250 e. The highest BCUT2D eigenvalue weighted by molar-refractivity contribution is 5.16. The number of piperidine rings is 1. The van der Waals surface area contributed by atoms with Crippen LogP contribution < -0.4 is 5.56 Å². The first-order valence-corrected chi connectivity index (χ1v) is 5.62. The fourth-order valence-corrected chi connectivity index (χ4v) is 3.14. The van der Waals surface area contributed by atoms with E-state index < -0.39 is 0 Å². The molecule has 3 heteroatoms. The molecule has 1 saturated heterocycles. The minimum absolute atomic E-state index is 0.173. The number of rotatable bonds is 0. The fraction of sp³-hybridized carbons (Fsp3) is 0.583. The van der Waals surface area contributed by atoms with E-state index in [1.165, 1.54) is 12.1 Å². The van der Waals surface area contributed by atoms with Crippen LogP contribution in [0.25, 0.3) is 0 Å². The van der Waals surface area contributed by atoms with E-state index in [-0.39, 0.29) is 5.56 Å². The van der Waals surface area contributed by atoms with Gasteiger partial charge in [-0.25, -0.2) is 0 Å². The Hall–Kier alpha value is -1.09. The van der Waals surface area contributed by atoms with E-state index in [1.807, 2.05) is 10.6 Å². The van der Waals surface area contributed by atoms with Gasteiger partial charge < -0.3 is 9.47 Å². The molecular weight excluding hydrogens is 187 g/mol. The predicted octanol–water partition coefficient (Wildman–Crippen LogP) is 0.897. The van der Waals surface area contributed by atoms with Gasteiger partial charge in [0.15, 0.2) is 0 Å². The third kappa shape index (κ3) is 1.42. The van der Waals surface area contributed by atoms with Gasteiger partial charge in [-0.05, 0) is 25.5 Å². The van der Waals surface area contributed by atoms with Crippen LogP contribution in [0.3, 0.4) is 0 Å². The van der Waals surface area contributed by atoms with Crippen molar-refractivity contribution in [2.75, 3.05) is 20.1 Å². The van der Waals surface area contributed by atoms with Crippen molar-refractivity contribution in [2.45, 2.75) is 18.9 Å². The van der Waals surface area contributed by atoms with Gasteiger partial charge in [-0.3, -0.25) is 4.79 Å². The maximum atomic E-state index is 11.7. The second-order valence-corrected chi connectivity index (χ2v) is 4.92. The average molecular weight is 203 g/mol. The zero-order valence-corrected chi connectivity index (χ0v) is 9.02. The molecule has 15 heavy (non-hydrogen) atoms. The molecule has 80 valence electrons. The van der Waals surface area contributed by atoms with Crippen molar-refractivity contribution in [3.63, 3.8) is 0 Å². The lowest BCUT2D eigenvalue weighted by Crippen LogP contribution is -2.45. The molecule has 2 aliphatic heterocycles.